The zero-order valence-electron chi connectivity index (χ0n) is 20.2. The van der Waals surface area contributed by atoms with Crippen LogP contribution in [0.2, 0.25) is 0 Å². The molecule has 6 heteroatoms. The topological polar surface area (TPSA) is 76.1 Å². The minimum absolute atomic E-state index is 0.00814. The lowest BCUT2D eigenvalue weighted by atomic mass is 9.94. The summed E-state index contributed by atoms with van der Waals surface area (Å²) < 4.78 is 11.4. The lowest BCUT2D eigenvalue weighted by Crippen LogP contribution is -2.33. The van der Waals surface area contributed by atoms with Crippen LogP contribution in [0.3, 0.4) is 0 Å². The molecule has 33 heavy (non-hydrogen) atoms. The monoisotopic (exact) mass is 451 g/mol. The zero-order valence-corrected chi connectivity index (χ0v) is 20.2. The maximum atomic E-state index is 13.1. The largest absolute Gasteiger partial charge is 0.507 e. The fraction of sp³-hybridized carbons (Fsp3) is 0.407. The van der Waals surface area contributed by atoms with Gasteiger partial charge in [0, 0.05) is 12.1 Å². The van der Waals surface area contributed by atoms with Crippen LogP contribution in [0.4, 0.5) is 0 Å². The van der Waals surface area contributed by atoms with E-state index < -0.39 is 17.7 Å². The zero-order chi connectivity index (χ0) is 24.3. The van der Waals surface area contributed by atoms with Gasteiger partial charge in [-0.2, -0.15) is 0 Å². The minimum Gasteiger partial charge on any atom is -0.507 e. The van der Waals surface area contributed by atoms with E-state index in [-0.39, 0.29) is 30.1 Å². The molecule has 1 N–H and O–H groups in total. The quantitative estimate of drug-likeness (QED) is 0.350. The number of aryl methyl sites for hydroxylation is 2. The summed E-state index contributed by atoms with van der Waals surface area (Å²) in [6.45, 7) is 12.1. The number of carbonyl (C=O) groups excluding carboxylic acids is 2. The predicted molar refractivity (Wildman–Crippen MR) is 128 cm³/mol. The molecule has 1 atom stereocenters. The molecule has 3 rings (SSSR count). The van der Waals surface area contributed by atoms with Crippen molar-refractivity contribution in [1.29, 1.82) is 0 Å². The summed E-state index contributed by atoms with van der Waals surface area (Å²) in [4.78, 5) is 27.6. The van der Waals surface area contributed by atoms with E-state index in [9.17, 15) is 14.7 Å². The molecular formula is C27H33NO5. The van der Waals surface area contributed by atoms with E-state index in [4.69, 9.17) is 9.47 Å². The standard InChI is InChI=1S/C27H33NO5/c1-16(2)32-13-12-28-24(20-9-7-8-18(5)14-20)23(26(30)27(28)31)25(29)21-10-11-22(19(6)15-21)33-17(3)4/h7-11,14-17,24,29H,12-13H2,1-6H3/b25-23-. The van der Waals surface area contributed by atoms with E-state index in [2.05, 4.69) is 0 Å². The van der Waals surface area contributed by atoms with Gasteiger partial charge in [-0.05, 0) is 70.9 Å². The first-order valence-electron chi connectivity index (χ1n) is 11.3. The molecule has 0 radical (unpaired) electrons. The molecule has 6 nitrogen and oxygen atoms in total. The summed E-state index contributed by atoms with van der Waals surface area (Å²) in [6, 6.07) is 12.2. The predicted octanol–water partition coefficient (Wildman–Crippen LogP) is 4.94. The Morgan fingerprint density at radius 3 is 2.36 bits per heavy atom. The molecule has 0 spiro atoms. The second-order valence-corrected chi connectivity index (χ2v) is 8.97. The summed E-state index contributed by atoms with van der Waals surface area (Å²) in [5.41, 5.74) is 3.17. The number of aliphatic hydroxyl groups excluding tert-OH is 1. The number of amides is 1. The van der Waals surface area contributed by atoms with Gasteiger partial charge in [0.05, 0.1) is 30.4 Å². The van der Waals surface area contributed by atoms with Gasteiger partial charge in [0.2, 0.25) is 0 Å². The van der Waals surface area contributed by atoms with E-state index in [1.54, 1.807) is 18.2 Å². The van der Waals surface area contributed by atoms with Crippen molar-refractivity contribution in [2.75, 3.05) is 13.2 Å². The van der Waals surface area contributed by atoms with Crippen molar-refractivity contribution in [3.05, 3.63) is 70.3 Å². The Labute approximate surface area is 195 Å². The molecule has 0 saturated carbocycles. The number of ether oxygens (including phenoxy) is 2. The van der Waals surface area contributed by atoms with Crippen molar-refractivity contribution >= 4 is 17.4 Å². The lowest BCUT2D eigenvalue weighted by Gasteiger charge is -2.26. The second kappa shape index (κ2) is 10.2. The summed E-state index contributed by atoms with van der Waals surface area (Å²) in [5.74, 6) is -0.801. The molecule has 1 unspecified atom stereocenters. The molecule has 1 aliphatic rings. The Morgan fingerprint density at radius 2 is 1.76 bits per heavy atom. The fourth-order valence-electron chi connectivity index (χ4n) is 4.02. The van der Waals surface area contributed by atoms with E-state index in [0.29, 0.717) is 17.9 Å². The average molecular weight is 452 g/mol. The second-order valence-electron chi connectivity index (χ2n) is 8.97. The molecule has 176 valence electrons. The fourth-order valence-corrected chi connectivity index (χ4v) is 4.02. The van der Waals surface area contributed by atoms with Gasteiger partial charge in [0.25, 0.3) is 11.7 Å². The van der Waals surface area contributed by atoms with E-state index in [1.807, 2.05) is 65.8 Å². The highest BCUT2D eigenvalue weighted by Gasteiger charge is 2.46. The molecule has 0 aliphatic carbocycles. The molecule has 0 bridgehead atoms. The molecule has 2 aromatic rings. The SMILES string of the molecule is Cc1cccc(C2/C(=C(/O)c3ccc(OC(C)C)c(C)c3)C(=O)C(=O)N2CCOC(C)C)c1. The van der Waals surface area contributed by atoms with Crippen LogP contribution in [-0.2, 0) is 14.3 Å². The van der Waals surface area contributed by atoms with Crippen LogP contribution in [0.25, 0.3) is 5.76 Å². The van der Waals surface area contributed by atoms with Gasteiger partial charge >= 0.3 is 0 Å². The molecule has 2 aromatic carbocycles. The Morgan fingerprint density at radius 1 is 1.03 bits per heavy atom. The number of aliphatic hydroxyl groups is 1. The Kier molecular flexibility index (Phi) is 7.59. The van der Waals surface area contributed by atoms with Crippen molar-refractivity contribution in [3.8, 4) is 5.75 Å². The molecule has 1 heterocycles. The summed E-state index contributed by atoms with van der Waals surface area (Å²) >= 11 is 0. The minimum atomic E-state index is -0.691. The molecule has 1 fully saturated rings. The van der Waals surface area contributed by atoms with Gasteiger partial charge in [-0.3, -0.25) is 9.59 Å². The highest BCUT2D eigenvalue weighted by atomic mass is 16.5. The molecule has 1 amide bonds. The van der Waals surface area contributed by atoms with Crippen molar-refractivity contribution < 1.29 is 24.2 Å². The van der Waals surface area contributed by atoms with Gasteiger partial charge in [0.1, 0.15) is 11.5 Å². The normalized spacial score (nSPS) is 17.9. The van der Waals surface area contributed by atoms with E-state index in [0.717, 1.165) is 16.7 Å². The third-order valence-electron chi connectivity index (χ3n) is 5.49. The highest BCUT2D eigenvalue weighted by molar-refractivity contribution is 6.46. The first-order valence-corrected chi connectivity index (χ1v) is 11.3. The van der Waals surface area contributed by atoms with Gasteiger partial charge in [-0.25, -0.2) is 0 Å². The number of hydrogen-bond acceptors (Lipinski definition) is 5. The van der Waals surface area contributed by atoms with Crippen LogP contribution >= 0.6 is 0 Å². The van der Waals surface area contributed by atoms with Gasteiger partial charge in [-0.15, -0.1) is 0 Å². The first kappa shape index (κ1) is 24.5. The van der Waals surface area contributed by atoms with Crippen LogP contribution in [0, 0.1) is 13.8 Å². The van der Waals surface area contributed by atoms with Crippen LogP contribution in [0.15, 0.2) is 48.0 Å². The van der Waals surface area contributed by atoms with Gasteiger partial charge in [0.15, 0.2) is 0 Å². The third-order valence-corrected chi connectivity index (χ3v) is 5.49. The molecule has 1 saturated heterocycles. The summed E-state index contributed by atoms with van der Waals surface area (Å²) in [6.07, 6.45) is 0.0247. The summed E-state index contributed by atoms with van der Waals surface area (Å²) in [5, 5.41) is 11.2. The number of carbonyl (C=O) groups is 2. The maximum Gasteiger partial charge on any atom is 0.295 e. The number of likely N-dealkylation sites (tertiary alicyclic amines) is 1. The van der Waals surface area contributed by atoms with Crippen LogP contribution < -0.4 is 4.74 Å². The van der Waals surface area contributed by atoms with Crippen molar-refractivity contribution in [2.45, 2.75) is 59.8 Å². The molecule has 1 aliphatic heterocycles. The number of nitrogens with zero attached hydrogens (tertiary/aromatic N) is 1. The van der Waals surface area contributed by atoms with E-state index in [1.165, 1.54) is 4.90 Å². The van der Waals surface area contributed by atoms with Crippen molar-refractivity contribution in [1.82, 2.24) is 4.90 Å². The first-order chi connectivity index (χ1) is 15.6. The summed E-state index contributed by atoms with van der Waals surface area (Å²) in [7, 11) is 0. The number of rotatable bonds is 8. The smallest absolute Gasteiger partial charge is 0.295 e. The van der Waals surface area contributed by atoms with Gasteiger partial charge < -0.3 is 19.5 Å². The Hall–Kier alpha value is -3.12. The van der Waals surface area contributed by atoms with Crippen LogP contribution in [0.5, 0.6) is 5.75 Å². The number of hydrogen-bond donors (Lipinski definition) is 1. The number of ketones is 1. The van der Waals surface area contributed by atoms with Crippen molar-refractivity contribution in [3.63, 3.8) is 0 Å². The van der Waals surface area contributed by atoms with Crippen LogP contribution in [-0.4, -0.2) is 47.1 Å². The molecule has 0 aromatic heterocycles. The highest BCUT2D eigenvalue weighted by Crippen LogP contribution is 2.40. The van der Waals surface area contributed by atoms with Crippen LogP contribution in [0.1, 0.15) is 56.0 Å². The molecular weight excluding hydrogens is 418 g/mol. The lowest BCUT2D eigenvalue weighted by molar-refractivity contribution is -0.140. The van der Waals surface area contributed by atoms with Gasteiger partial charge in [-0.1, -0.05) is 29.8 Å². The Balaban J connectivity index is 2.08. The Bertz CT molecular complexity index is 1070. The average Bonchev–Trinajstić information content (AvgIpc) is 2.99. The van der Waals surface area contributed by atoms with E-state index >= 15 is 0 Å². The van der Waals surface area contributed by atoms with Crippen molar-refractivity contribution in [2.24, 2.45) is 0 Å². The third kappa shape index (κ3) is 5.45. The number of benzene rings is 2. The maximum absolute atomic E-state index is 13.1. The number of Topliss-reactive ketones (excluding diaryl/α,β-unsaturated/α-hetero) is 1.